The Morgan fingerprint density at radius 2 is 2.00 bits per heavy atom. The molecule has 0 spiro atoms. The van der Waals surface area contributed by atoms with Crippen LogP contribution in [-0.2, 0) is 0 Å². The van der Waals surface area contributed by atoms with Crippen LogP contribution in [0.15, 0.2) is 42.0 Å². The summed E-state index contributed by atoms with van der Waals surface area (Å²) in [4.78, 5) is 23.1. The third kappa shape index (κ3) is 4.67. The van der Waals surface area contributed by atoms with Crippen LogP contribution in [0.2, 0.25) is 0 Å². The van der Waals surface area contributed by atoms with E-state index in [-0.39, 0.29) is 22.4 Å². The number of nitro groups is 1. The Balaban J connectivity index is 2.59. The van der Waals surface area contributed by atoms with Crippen LogP contribution >= 0.6 is 0 Å². The second kappa shape index (κ2) is 8.73. The Labute approximate surface area is 158 Å². The molecule has 0 N–H and O–H groups in total. The van der Waals surface area contributed by atoms with Gasteiger partial charge in [0.25, 0.3) is 5.69 Å². The molecule has 0 aliphatic carbocycles. The van der Waals surface area contributed by atoms with Gasteiger partial charge in [-0.1, -0.05) is 23.8 Å². The van der Waals surface area contributed by atoms with Crippen LogP contribution in [-0.4, -0.2) is 24.4 Å². The molecule has 0 heterocycles. The molecule has 0 bridgehead atoms. The van der Waals surface area contributed by atoms with E-state index in [0.717, 1.165) is 30.9 Å². The van der Waals surface area contributed by atoms with Crippen molar-refractivity contribution in [1.82, 2.24) is 0 Å². The summed E-state index contributed by atoms with van der Waals surface area (Å²) in [5.74, 6) is -1.38. The number of carbonyl (C=O) groups excluding carboxylic acids is 1. The predicted octanol–water partition coefficient (Wildman–Crippen LogP) is 4.30. The van der Waals surface area contributed by atoms with Gasteiger partial charge >= 0.3 is 6.61 Å². The summed E-state index contributed by atoms with van der Waals surface area (Å²) in [6, 6.07) is 10.0. The molecule has 7 nitrogen and oxygen atoms in total. The number of nitrogens with zero attached hydrogens (tertiary/aromatic N) is 2. The molecule has 0 aliphatic heterocycles. The number of aryl methyl sites for hydroxylation is 1. The number of allylic oxidation sites excluding steroid dienone is 1. The van der Waals surface area contributed by atoms with Crippen LogP contribution in [0.1, 0.15) is 21.5 Å². The Kier molecular flexibility index (Phi) is 6.39. The Hall–Kier alpha value is -3.80. The van der Waals surface area contributed by atoms with Crippen molar-refractivity contribution in [2.75, 3.05) is 7.11 Å². The minimum atomic E-state index is -3.22. The van der Waals surface area contributed by atoms with E-state index in [9.17, 15) is 29.0 Å². The van der Waals surface area contributed by atoms with Crippen molar-refractivity contribution in [2.24, 2.45) is 0 Å². The van der Waals surface area contributed by atoms with Gasteiger partial charge in [-0.05, 0) is 25.1 Å². The van der Waals surface area contributed by atoms with Crippen LogP contribution in [0.3, 0.4) is 0 Å². The lowest BCUT2D eigenvalue weighted by molar-refractivity contribution is -0.385. The zero-order valence-corrected chi connectivity index (χ0v) is 14.8. The summed E-state index contributed by atoms with van der Waals surface area (Å²) in [6.07, 6.45) is 1.01. The number of halogens is 2. The fourth-order valence-electron chi connectivity index (χ4n) is 2.43. The molecule has 28 heavy (non-hydrogen) atoms. The number of benzene rings is 2. The largest absolute Gasteiger partial charge is 0.493 e. The Morgan fingerprint density at radius 3 is 2.54 bits per heavy atom. The fraction of sp³-hybridized carbons (Fsp3) is 0.158. The zero-order chi connectivity index (χ0) is 20.8. The van der Waals surface area contributed by atoms with Gasteiger partial charge in [0, 0.05) is 5.56 Å². The molecule has 0 aliphatic rings. The van der Waals surface area contributed by atoms with Crippen LogP contribution < -0.4 is 9.47 Å². The van der Waals surface area contributed by atoms with E-state index in [2.05, 4.69) is 4.74 Å². The number of ketones is 1. The monoisotopic (exact) mass is 388 g/mol. The van der Waals surface area contributed by atoms with Gasteiger partial charge in [-0.2, -0.15) is 14.0 Å². The Bertz CT molecular complexity index is 996. The maximum atomic E-state index is 12.6. The van der Waals surface area contributed by atoms with Gasteiger partial charge in [0.15, 0.2) is 11.5 Å². The van der Waals surface area contributed by atoms with Crippen LogP contribution in [0.25, 0.3) is 6.08 Å². The molecule has 0 saturated carbocycles. The van der Waals surface area contributed by atoms with Crippen LogP contribution in [0, 0.1) is 28.4 Å². The molecule has 2 aromatic rings. The summed E-state index contributed by atoms with van der Waals surface area (Å²) in [7, 11) is 1.16. The molecule has 0 radical (unpaired) electrons. The highest BCUT2D eigenvalue weighted by molar-refractivity contribution is 6.14. The fourth-order valence-corrected chi connectivity index (χ4v) is 2.43. The van der Waals surface area contributed by atoms with Crippen LogP contribution in [0.5, 0.6) is 11.5 Å². The lowest BCUT2D eigenvalue weighted by Gasteiger charge is -2.11. The molecule has 0 aromatic heterocycles. The number of nitriles is 1. The molecule has 144 valence electrons. The first-order valence-corrected chi connectivity index (χ1v) is 7.81. The maximum absolute atomic E-state index is 12.6. The molecule has 9 heteroatoms. The number of hydrogen-bond donors (Lipinski definition) is 0. The first kappa shape index (κ1) is 20.5. The summed E-state index contributed by atoms with van der Waals surface area (Å²) in [5, 5.41) is 20.7. The zero-order valence-electron chi connectivity index (χ0n) is 14.8. The quantitative estimate of drug-likeness (QED) is 0.230. The van der Waals surface area contributed by atoms with Gasteiger partial charge in [0.05, 0.1) is 23.7 Å². The van der Waals surface area contributed by atoms with Gasteiger partial charge in [-0.25, -0.2) is 0 Å². The second-order valence-electron chi connectivity index (χ2n) is 5.57. The van der Waals surface area contributed by atoms with Crippen molar-refractivity contribution < 1.29 is 28.0 Å². The van der Waals surface area contributed by atoms with Crippen molar-refractivity contribution in [3.63, 3.8) is 0 Å². The van der Waals surface area contributed by atoms with E-state index in [1.54, 1.807) is 31.2 Å². The highest BCUT2D eigenvalue weighted by Gasteiger charge is 2.22. The van der Waals surface area contributed by atoms with Crippen molar-refractivity contribution >= 4 is 17.5 Å². The Morgan fingerprint density at radius 1 is 1.29 bits per heavy atom. The smallest absolute Gasteiger partial charge is 0.387 e. The second-order valence-corrected chi connectivity index (χ2v) is 5.57. The topological polar surface area (TPSA) is 102 Å². The van der Waals surface area contributed by atoms with Gasteiger partial charge in [-0.3, -0.25) is 14.9 Å². The number of ether oxygens (including phenoxy) is 2. The number of alkyl halides is 2. The molecule has 0 unspecified atom stereocenters. The first-order chi connectivity index (χ1) is 13.3. The molecule has 2 aromatic carbocycles. The number of Topliss-reactive ketones (excluding diaryl/α,β-unsaturated/α-hetero) is 1. The maximum Gasteiger partial charge on any atom is 0.387 e. The number of carbonyl (C=O) groups is 1. The van der Waals surface area contributed by atoms with Crippen molar-refractivity contribution in [1.29, 1.82) is 5.26 Å². The average molecular weight is 388 g/mol. The van der Waals surface area contributed by atoms with E-state index in [0.29, 0.717) is 0 Å². The molecular weight excluding hydrogens is 374 g/mol. The summed E-state index contributed by atoms with van der Waals surface area (Å²) in [6.45, 7) is -1.45. The summed E-state index contributed by atoms with van der Waals surface area (Å²) in [5.41, 5.74) is -0.120. The molecule has 0 fully saturated rings. The third-order valence-corrected chi connectivity index (χ3v) is 3.67. The minimum Gasteiger partial charge on any atom is -0.493 e. The standard InChI is InChI=1S/C19H14F2N2O5/c1-11-4-3-5-12(6-11)18(24)14(10-22)7-13-8-16(27-2)17(28-19(20)21)9-15(13)23(25)26/h3-9,19H,1-2H3/b14-7+. The number of rotatable bonds is 7. The van der Waals surface area contributed by atoms with Gasteiger partial charge in [-0.15, -0.1) is 0 Å². The summed E-state index contributed by atoms with van der Waals surface area (Å²) >= 11 is 0. The lowest BCUT2D eigenvalue weighted by atomic mass is 10.00. The van der Waals surface area contributed by atoms with E-state index in [1.807, 2.05) is 0 Å². The van der Waals surface area contributed by atoms with Crippen molar-refractivity contribution in [3.05, 3.63) is 68.8 Å². The number of methoxy groups -OCH3 is 1. The first-order valence-electron chi connectivity index (χ1n) is 7.81. The van der Waals surface area contributed by atoms with E-state index in [4.69, 9.17) is 4.74 Å². The number of hydrogen-bond acceptors (Lipinski definition) is 6. The average Bonchev–Trinajstić information content (AvgIpc) is 2.65. The van der Waals surface area contributed by atoms with Crippen molar-refractivity contribution in [2.45, 2.75) is 13.5 Å². The van der Waals surface area contributed by atoms with Crippen molar-refractivity contribution in [3.8, 4) is 17.6 Å². The van der Waals surface area contributed by atoms with Gasteiger partial charge < -0.3 is 9.47 Å². The predicted molar refractivity (Wildman–Crippen MR) is 95.4 cm³/mol. The molecule has 0 atom stereocenters. The number of nitro benzene ring substituents is 1. The normalized spacial score (nSPS) is 11.1. The van der Waals surface area contributed by atoms with Crippen LogP contribution in [0.4, 0.5) is 14.5 Å². The van der Waals surface area contributed by atoms with Gasteiger partial charge in [0.1, 0.15) is 11.6 Å². The summed E-state index contributed by atoms with van der Waals surface area (Å²) < 4.78 is 34.2. The van der Waals surface area contributed by atoms with E-state index < -0.39 is 28.8 Å². The van der Waals surface area contributed by atoms with Gasteiger partial charge in [0.2, 0.25) is 5.78 Å². The molecule has 2 rings (SSSR count). The highest BCUT2D eigenvalue weighted by atomic mass is 19.3. The molecular formula is C19H14F2N2O5. The molecule has 0 saturated heterocycles. The lowest BCUT2D eigenvalue weighted by Crippen LogP contribution is -2.06. The van der Waals surface area contributed by atoms with E-state index in [1.165, 1.54) is 6.07 Å². The molecule has 0 amide bonds. The SMILES string of the molecule is COc1cc(/C=C(\C#N)C(=O)c2cccc(C)c2)c([N+](=O)[O-])cc1OC(F)F. The minimum absolute atomic E-state index is 0.166. The highest BCUT2D eigenvalue weighted by Crippen LogP contribution is 2.36. The third-order valence-electron chi connectivity index (χ3n) is 3.67. The van der Waals surface area contributed by atoms with E-state index >= 15 is 0 Å².